The van der Waals surface area contributed by atoms with Gasteiger partial charge in [-0.2, -0.15) is 10.5 Å². The second-order valence-corrected chi connectivity index (χ2v) is 11.7. The topological polar surface area (TPSA) is 47.6 Å². The van der Waals surface area contributed by atoms with Gasteiger partial charge in [0.15, 0.2) is 11.1 Å². The molecule has 38 heavy (non-hydrogen) atoms. The molecule has 0 aliphatic carbocycles. The molecule has 0 saturated heterocycles. The summed E-state index contributed by atoms with van der Waals surface area (Å²) >= 11 is 13.0. The van der Waals surface area contributed by atoms with Crippen molar-refractivity contribution in [2.45, 2.75) is 53.4 Å². The summed E-state index contributed by atoms with van der Waals surface area (Å²) in [5, 5.41) is 17.6. The summed E-state index contributed by atoms with van der Waals surface area (Å²) in [6.45, 7) is 14.8. The van der Waals surface area contributed by atoms with Crippen LogP contribution < -0.4 is 0 Å². The van der Waals surface area contributed by atoms with Gasteiger partial charge in [0, 0.05) is 61.6 Å². The Balaban J connectivity index is 0. The van der Waals surface area contributed by atoms with Crippen LogP contribution in [0.4, 0.5) is 0 Å². The van der Waals surface area contributed by atoms with Crippen molar-refractivity contribution in [3.63, 3.8) is 0 Å². The van der Waals surface area contributed by atoms with Crippen LogP contribution in [-0.4, -0.2) is 30.7 Å². The van der Waals surface area contributed by atoms with Crippen LogP contribution in [0.3, 0.4) is 0 Å². The second-order valence-electron chi connectivity index (χ2n) is 8.69. The molecule has 0 bridgehead atoms. The number of nitriles is 2. The summed E-state index contributed by atoms with van der Waals surface area (Å²) in [6.07, 6.45) is 5.33. The van der Waals surface area contributed by atoms with Crippen molar-refractivity contribution in [1.82, 2.24) is 0 Å². The van der Waals surface area contributed by atoms with Gasteiger partial charge in [0.1, 0.15) is 12.1 Å². The maximum absolute atomic E-state index is 8.78. The molecule has 0 saturated carbocycles. The molecule has 2 rings (SSSR count). The Morgan fingerprint density at radius 2 is 0.842 bits per heavy atom. The predicted octanol–water partition coefficient (Wildman–Crippen LogP) is 5.24. The maximum Gasteiger partial charge on any atom is 2.00 e. The standard InChI is InChI=1S/C12H28N.2C9H7NS2.Pt/c1-5-9-13(10-6-2,11-7-3)12-8-4;2*10-6-8(9(11)12)7-4-2-1-3-5-7;/h5-12H2,1-4H3;2*1-5,11-12H;/q+1;;;+2/p+4. The minimum atomic E-state index is 0. The Morgan fingerprint density at radius 1 is 0.579 bits per heavy atom. The van der Waals surface area contributed by atoms with E-state index in [2.05, 4.69) is 90.3 Å². The van der Waals surface area contributed by atoms with E-state index in [0.29, 0.717) is 19.6 Å². The van der Waals surface area contributed by atoms with Crippen LogP contribution in [0, 0.1) is 22.7 Å². The number of hydrogen-bond acceptors (Lipinski definition) is 2. The third-order valence-electron chi connectivity index (χ3n) is 5.64. The molecule has 0 aromatic heterocycles. The molecule has 208 valence electrons. The van der Waals surface area contributed by atoms with Crippen molar-refractivity contribution in [3.05, 3.63) is 80.3 Å². The van der Waals surface area contributed by atoms with Crippen LogP contribution in [-0.2, 0) is 71.6 Å². The third-order valence-corrected chi connectivity index (χ3v) is 6.64. The van der Waals surface area contributed by atoms with E-state index in [1.165, 1.54) is 56.3 Å². The molecule has 0 radical (unpaired) electrons. The molecule has 0 aliphatic heterocycles. The molecule has 3 nitrogen and oxygen atoms in total. The first-order valence-corrected chi connectivity index (χ1v) is 14.9. The Hall–Kier alpha value is -1.05. The molecule has 0 N–H and O–H groups in total. The monoisotopic (exact) mass is 771 g/mol. The van der Waals surface area contributed by atoms with Crippen molar-refractivity contribution in [1.29, 1.82) is 10.5 Å². The van der Waals surface area contributed by atoms with E-state index in [1.54, 1.807) is 0 Å². The van der Waals surface area contributed by atoms with Gasteiger partial charge in [-0.25, -0.2) is 0 Å². The number of rotatable bonds is 10. The van der Waals surface area contributed by atoms with Gasteiger partial charge in [-0.05, 0) is 25.7 Å². The van der Waals surface area contributed by atoms with Gasteiger partial charge in [-0.1, -0.05) is 88.4 Å². The largest absolute Gasteiger partial charge is 2.00 e. The number of nitrogens with zero attached hydrogens (tertiary/aromatic N) is 3. The van der Waals surface area contributed by atoms with Crippen molar-refractivity contribution < 1.29 is 25.5 Å². The zero-order chi connectivity index (χ0) is 28.1. The summed E-state index contributed by atoms with van der Waals surface area (Å²) in [5.41, 5.74) is 3.01. The van der Waals surface area contributed by atoms with Crippen molar-refractivity contribution >= 4 is 61.7 Å². The maximum atomic E-state index is 8.78. The van der Waals surface area contributed by atoms with E-state index in [4.69, 9.17) is 10.5 Å². The van der Waals surface area contributed by atoms with Crippen molar-refractivity contribution in [3.8, 4) is 12.1 Å². The van der Waals surface area contributed by atoms with E-state index >= 15 is 0 Å². The quantitative estimate of drug-likeness (QED) is 0.189. The smallest absolute Gasteiger partial charge is 0.324 e. The number of quaternary nitrogens is 1. The Morgan fingerprint density at radius 3 is 1.03 bits per heavy atom. The number of benzene rings is 2. The van der Waals surface area contributed by atoms with Crippen LogP contribution in [0.5, 0.6) is 0 Å². The van der Waals surface area contributed by atoms with E-state index < -0.39 is 0 Å². The zero-order valence-corrected chi connectivity index (χ0v) is 29.4. The first-order chi connectivity index (χ1) is 17.7. The van der Waals surface area contributed by atoms with Crippen LogP contribution >= 0.6 is 0 Å². The molecule has 0 fully saturated rings. The second kappa shape index (κ2) is 23.8. The molecule has 0 amide bonds. The first kappa shape index (κ1) is 39.1. The Kier molecular flexibility index (Phi) is 24.5. The van der Waals surface area contributed by atoms with E-state index in [9.17, 15) is 0 Å². The molecule has 2 aromatic rings. The molecule has 0 spiro atoms. The predicted molar refractivity (Wildman–Crippen MR) is 179 cm³/mol. The fourth-order valence-electron chi connectivity index (χ4n) is 4.31. The van der Waals surface area contributed by atoms with Gasteiger partial charge in [-0.3, -0.25) is 0 Å². The van der Waals surface area contributed by atoms with E-state index in [1.807, 2.05) is 60.7 Å². The average molecular weight is 772 g/mol. The Bertz CT molecular complexity index is 934. The minimum Gasteiger partial charge on any atom is -0.324 e. The summed E-state index contributed by atoms with van der Waals surface area (Å²) in [7, 11) is 0. The normalized spacial score (nSPS) is 9.63. The first-order valence-electron chi connectivity index (χ1n) is 12.9. The van der Waals surface area contributed by atoms with Gasteiger partial charge in [0.05, 0.1) is 26.2 Å². The van der Waals surface area contributed by atoms with E-state index in [0.717, 1.165) is 11.1 Å². The van der Waals surface area contributed by atoms with Crippen LogP contribution in [0.25, 0.3) is 11.1 Å². The zero-order valence-electron chi connectivity index (χ0n) is 23.1. The summed E-state index contributed by atoms with van der Waals surface area (Å²) in [5.74, 6) is 0. The van der Waals surface area contributed by atoms with Crippen LogP contribution in [0.1, 0.15) is 64.5 Å². The Labute approximate surface area is 267 Å². The van der Waals surface area contributed by atoms with Crippen LogP contribution in [0.2, 0.25) is 0 Å². The van der Waals surface area contributed by atoms with Gasteiger partial charge in [0.2, 0.25) is 0 Å². The summed E-state index contributed by atoms with van der Waals surface area (Å²) < 4.78 is 2.72. The molecule has 0 heterocycles. The fraction of sp³-hybridized carbons (Fsp3) is 0.400. The summed E-state index contributed by atoms with van der Waals surface area (Å²) in [4.78, 5) is 0. The van der Waals surface area contributed by atoms with Gasteiger partial charge in [0.25, 0.3) is 0 Å². The molecular weight excluding hydrogens is 726 g/mol. The molecule has 8 heteroatoms. The van der Waals surface area contributed by atoms with Crippen molar-refractivity contribution in [2.24, 2.45) is 0 Å². The van der Waals surface area contributed by atoms with Crippen molar-refractivity contribution in [2.75, 3.05) is 26.2 Å². The molecule has 2 aromatic carbocycles. The van der Waals surface area contributed by atoms with Gasteiger partial charge >= 0.3 is 29.5 Å². The summed E-state index contributed by atoms with van der Waals surface area (Å²) in [6, 6.07) is 23.2. The average Bonchev–Trinajstić information content (AvgIpc) is 2.87. The fourth-order valence-corrected chi connectivity index (χ4v) is 5.11. The number of hydrogen-bond donors (Lipinski definition) is 0. The molecular formula is C30H46N3PtS4+7. The van der Waals surface area contributed by atoms with Crippen LogP contribution in [0.15, 0.2) is 69.1 Å². The van der Waals surface area contributed by atoms with Gasteiger partial charge < -0.3 is 4.48 Å². The molecule has 0 unspecified atom stereocenters. The molecule has 0 aliphatic rings. The minimum absolute atomic E-state index is 0. The molecule has 0 atom stereocenters. The SMILES string of the molecule is CCC[N+](CCC)(CCC)CCC.N#CC(=C([SH2+])[SH2+])c1ccccc1.N#CC(=C([SH2+])[SH2+])c1ccccc1.[Pt+2]. The van der Waals surface area contributed by atoms with E-state index in [-0.39, 0.29) is 21.1 Å². The number of allylic oxidation sites excluding steroid dienone is 2. The van der Waals surface area contributed by atoms with Gasteiger partial charge in [-0.15, -0.1) is 0 Å². The third kappa shape index (κ3) is 15.5.